The van der Waals surface area contributed by atoms with Crippen LogP contribution in [-0.2, 0) is 11.8 Å². The summed E-state index contributed by atoms with van der Waals surface area (Å²) in [5.74, 6) is 1.63. The van der Waals surface area contributed by atoms with E-state index in [2.05, 4.69) is 5.10 Å². The Morgan fingerprint density at radius 2 is 2.29 bits per heavy atom. The molecule has 1 saturated carbocycles. The van der Waals surface area contributed by atoms with Gasteiger partial charge in [0, 0.05) is 44.5 Å². The molecule has 0 bridgehead atoms. The average molecular weight is 235 g/mol. The molecule has 0 spiro atoms. The molecule has 1 N–H and O–H groups in total. The second-order valence-electron chi connectivity index (χ2n) is 5.08. The molecule has 1 saturated heterocycles. The van der Waals surface area contributed by atoms with Gasteiger partial charge in [-0.2, -0.15) is 5.10 Å². The monoisotopic (exact) mass is 235 g/mol. The SMILES string of the molecule is Cn1nc(C2CC2)cc1N1CC(CO)CC1=O. The maximum atomic E-state index is 11.9. The number of hydrogen-bond donors (Lipinski definition) is 1. The van der Waals surface area contributed by atoms with E-state index in [9.17, 15) is 4.79 Å². The molecule has 17 heavy (non-hydrogen) atoms. The van der Waals surface area contributed by atoms with Crippen molar-refractivity contribution in [3.05, 3.63) is 11.8 Å². The molecule has 1 aliphatic heterocycles. The number of aliphatic hydroxyl groups is 1. The standard InChI is InChI=1S/C12H17N3O2/c1-14-11(5-10(13-14)9-2-3-9)15-6-8(7-16)4-12(15)17/h5,8-9,16H,2-4,6-7H2,1H3. The normalized spacial score (nSPS) is 24.7. The van der Waals surface area contributed by atoms with Crippen molar-refractivity contribution in [2.45, 2.75) is 25.2 Å². The summed E-state index contributed by atoms with van der Waals surface area (Å²) >= 11 is 0. The van der Waals surface area contributed by atoms with Gasteiger partial charge in [0.2, 0.25) is 5.91 Å². The fourth-order valence-corrected chi connectivity index (χ4v) is 2.44. The zero-order valence-corrected chi connectivity index (χ0v) is 9.96. The van der Waals surface area contributed by atoms with Crippen LogP contribution >= 0.6 is 0 Å². The van der Waals surface area contributed by atoms with Gasteiger partial charge in [-0.15, -0.1) is 0 Å². The molecule has 0 radical (unpaired) electrons. The third kappa shape index (κ3) is 1.84. The Labute approximate surface area is 100 Å². The Morgan fingerprint density at radius 3 is 2.88 bits per heavy atom. The van der Waals surface area contributed by atoms with Crippen molar-refractivity contribution in [1.82, 2.24) is 9.78 Å². The fourth-order valence-electron chi connectivity index (χ4n) is 2.44. The highest BCUT2D eigenvalue weighted by atomic mass is 16.3. The first-order chi connectivity index (χ1) is 8.19. The Kier molecular flexibility index (Phi) is 2.43. The Balaban J connectivity index is 1.85. The first-order valence-corrected chi connectivity index (χ1v) is 6.14. The van der Waals surface area contributed by atoms with Gasteiger partial charge in [0.25, 0.3) is 0 Å². The highest BCUT2D eigenvalue weighted by molar-refractivity contribution is 5.95. The number of aryl methyl sites for hydroxylation is 1. The van der Waals surface area contributed by atoms with Crippen LogP contribution in [0.1, 0.15) is 30.9 Å². The fraction of sp³-hybridized carbons (Fsp3) is 0.667. The van der Waals surface area contributed by atoms with Crippen LogP contribution in [0.5, 0.6) is 0 Å². The largest absolute Gasteiger partial charge is 0.396 e. The van der Waals surface area contributed by atoms with Gasteiger partial charge in [0.05, 0.1) is 5.69 Å². The van der Waals surface area contributed by atoms with Gasteiger partial charge in [-0.25, -0.2) is 0 Å². The van der Waals surface area contributed by atoms with E-state index in [1.807, 2.05) is 13.1 Å². The van der Waals surface area contributed by atoms with Gasteiger partial charge >= 0.3 is 0 Å². The second-order valence-corrected chi connectivity index (χ2v) is 5.08. The summed E-state index contributed by atoms with van der Waals surface area (Å²) in [5, 5.41) is 13.6. The van der Waals surface area contributed by atoms with Gasteiger partial charge in [-0.05, 0) is 12.8 Å². The number of anilines is 1. The van der Waals surface area contributed by atoms with E-state index in [0.29, 0.717) is 18.9 Å². The molecular weight excluding hydrogens is 218 g/mol. The molecule has 1 atom stereocenters. The minimum atomic E-state index is 0.0711. The summed E-state index contributed by atoms with van der Waals surface area (Å²) in [6, 6.07) is 2.02. The zero-order chi connectivity index (χ0) is 12.0. The van der Waals surface area contributed by atoms with Crippen molar-refractivity contribution in [3.8, 4) is 0 Å². The smallest absolute Gasteiger partial charge is 0.228 e. The maximum absolute atomic E-state index is 11.9. The van der Waals surface area contributed by atoms with Crippen LogP contribution in [0.3, 0.4) is 0 Å². The summed E-state index contributed by atoms with van der Waals surface area (Å²) in [4.78, 5) is 13.6. The van der Waals surface area contributed by atoms with E-state index in [1.54, 1.807) is 9.58 Å². The highest BCUT2D eigenvalue weighted by Crippen LogP contribution is 2.40. The van der Waals surface area contributed by atoms with Crippen molar-refractivity contribution < 1.29 is 9.90 Å². The van der Waals surface area contributed by atoms with E-state index in [4.69, 9.17) is 5.11 Å². The molecule has 0 aromatic carbocycles. The topological polar surface area (TPSA) is 58.4 Å². The molecule has 1 amide bonds. The van der Waals surface area contributed by atoms with Crippen LogP contribution in [0.25, 0.3) is 0 Å². The van der Waals surface area contributed by atoms with Crippen LogP contribution < -0.4 is 4.90 Å². The van der Waals surface area contributed by atoms with Crippen LogP contribution in [-0.4, -0.2) is 33.9 Å². The number of carbonyl (C=O) groups is 1. The molecule has 1 aromatic rings. The summed E-state index contributed by atoms with van der Waals surface area (Å²) in [6.07, 6.45) is 2.87. The van der Waals surface area contributed by atoms with Gasteiger partial charge in [0.1, 0.15) is 5.82 Å². The quantitative estimate of drug-likeness (QED) is 0.836. The second kappa shape index (κ2) is 3.84. The first-order valence-electron chi connectivity index (χ1n) is 6.14. The number of rotatable bonds is 3. The van der Waals surface area contributed by atoms with Gasteiger partial charge < -0.3 is 5.11 Å². The Morgan fingerprint density at radius 1 is 1.53 bits per heavy atom. The molecule has 1 aromatic heterocycles. The molecule has 5 heteroatoms. The number of carbonyl (C=O) groups excluding carboxylic acids is 1. The predicted octanol–water partition coefficient (Wildman–Crippen LogP) is 0.643. The molecule has 2 heterocycles. The molecule has 5 nitrogen and oxygen atoms in total. The van der Waals surface area contributed by atoms with Gasteiger partial charge in [0.15, 0.2) is 0 Å². The summed E-state index contributed by atoms with van der Waals surface area (Å²) in [7, 11) is 1.88. The van der Waals surface area contributed by atoms with Crippen molar-refractivity contribution in [2.75, 3.05) is 18.1 Å². The van der Waals surface area contributed by atoms with Gasteiger partial charge in [-0.3, -0.25) is 14.4 Å². The lowest BCUT2D eigenvalue weighted by molar-refractivity contribution is -0.117. The van der Waals surface area contributed by atoms with Crippen LogP contribution in [0.15, 0.2) is 6.07 Å². The number of aromatic nitrogens is 2. The van der Waals surface area contributed by atoms with E-state index in [-0.39, 0.29) is 18.4 Å². The summed E-state index contributed by atoms with van der Waals surface area (Å²) < 4.78 is 1.78. The van der Waals surface area contributed by atoms with Crippen LogP contribution in [0.2, 0.25) is 0 Å². The number of nitrogens with zero attached hydrogens (tertiary/aromatic N) is 3. The number of hydrogen-bond acceptors (Lipinski definition) is 3. The lowest BCUT2D eigenvalue weighted by atomic mass is 10.1. The molecule has 1 unspecified atom stereocenters. The molecule has 2 aliphatic rings. The Bertz CT molecular complexity index is 451. The number of amides is 1. The van der Waals surface area contributed by atoms with Gasteiger partial charge in [-0.1, -0.05) is 0 Å². The lowest BCUT2D eigenvalue weighted by Gasteiger charge is -2.15. The van der Waals surface area contributed by atoms with E-state index in [0.717, 1.165) is 11.5 Å². The predicted molar refractivity (Wildman–Crippen MR) is 62.7 cm³/mol. The molecule has 1 aliphatic carbocycles. The molecule has 2 fully saturated rings. The van der Waals surface area contributed by atoms with Crippen LogP contribution in [0, 0.1) is 5.92 Å². The minimum absolute atomic E-state index is 0.0711. The summed E-state index contributed by atoms with van der Waals surface area (Å²) in [6.45, 7) is 0.689. The van der Waals surface area contributed by atoms with E-state index < -0.39 is 0 Å². The zero-order valence-electron chi connectivity index (χ0n) is 9.96. The van der Waals surface area contributed by atoms with Crippen LogP contribution in [0.4, 0.5) is 5.82 Å². The van der Waals surface area contributed by atoms with Crippen molar-refractivity contribution >= 4 is 11.7 Å². The van der Waals surface area contributed by atoms with E-state index >= 15 is 0 Å². The Hall–Kier alpha value is -1.36. The average Bonchev–Trinajstić information content (AvgIpc) is 2.99. The number of aliphatic hydroxyl groups excluding tert-OH is 1. The first kappa shape index (κ1) is 10.8. The van der Waals surface area contributed by atoms with Crippen molar-refractivity contribution in [2.24, 2.45) is 13.0 Å². The molecule has 3 rings (SSSR count). The summed E-state index contributed by atoms with van der Waals surface area (Å²) in [5.41, 5.74) is 1.10. The van der Waals surface area contributed by atoms with E-state index in [1.165, 1.54) is 12.8 Å². The highest BCUT2D eigenvalue weighted by Gasteiger charge is 2.34. The third-order valence-corrected chi connectivity index (χ3v) is 3.61. The van der Waals surface area contributed by atoms with Crippen molar-refractivity contribution in [3.63, 3.8) is 0 Å². The maximum Gasteiger partial charge on any atom is 0.228 e. The molecular formula is C12H17N3O2. The lowest BCUT2D eigenvalue weighted by Crippen LogP contribution is -2.27. The van der Waals surface area contributed by atoms with Crippen molar-refractivity contribution in [1.29, 1.82) is 0 Å². The third-order valence-electron chi connectivity index (χ3n) is 3.61. The minimum Gasteiger partial charge on any atom is -0.396 e. The molecule has 92 valence electrons.